The lowest BCUT2D eigenvalue weighted by Gasteiger charge is -2.30. The number of amides is 1. The highest BCUT2D eigenvalue weighted by Gasteiger charge is 2.22. The molecule has 1 aliphatic heterocycles. The van der Waals surface area contributed by atoms with Gasteiger partial charge in [-0.05, 0) is 50.1 Å². The Morgan fingerprint density at radius 2 is 2.11 bits per heavy atom. The van der Waals surface area contributed by atoms with Gasteiger partial charge in [0, 0.05) is 30.1 Å². The molecule has 6 nitrogen and oxygen atoms in total. The van der Waals surface area contributed by atoms with E-state index in [0.717, 1.165) is 37.0 Å². The summed E-state index contributed by atoms with van der Waals surface area (Å²) in [7, 11) is 0. The number of nitrogens with zero attached hydrogens (tertiary/aromatic N) is 2. The first-order valence-electron chi connectivity index (χ1n) is 9.35. The Labute approximate surface area is 168 Å². The van der Waals surface area contributed by atoms with Crippen molar-refractivity contribution in [3.63, 3.8) is 0 Å². The minimum Gasteiger partial charge on any atom is -0.460 e. The van der Waals surface area contributed by atoms with Crippen LogP contribution in [-0.4, -0.2) is 40.7 Å². The molecule has 1 aromatic carbocycles. The van der Waals surface area contributed by atoms with Gasteiger partial charge >= 0.3 is 0 Å². The Kier molecular flexibility index (Phi) is 5.35. The normalized spacial score (nSPS) is 15.8. The maximum Gasteiger partial charge on any atom is 0.260 e. The monoisotopic (exact) mass is 399 g/mol. The molecule has 4 rings (SSSR count). The minimum atomic E-state index is -0.282. The Hall–Kier alpha value is -2.41. The van der Waals surface area contributed by atoms with Crippen LogP contribution in [0.4, 0.5) is 5.82 Å². The molecular weight excluding hydrogens is 378 g/mol. The summed E-state index contributed by atoms with van der Waals surface area (Å²) in [5.41, 5.74) is 1.87. The number of pyridine rings is 1. The predicted molar refractivity (Wildman–Crippen MR) is 109 cm³/mol. The van der Waals surface area contributed by atoms with Crippen LogP contribution in [0.1, 0.15) is 40.6 Å². The fraction of sp³-hybridized carbons (Fsp3) is 0.333. The summed E-state index contributed by atoms with van der Waals surface area (Å²) in [5.74, 6) is 1.26. The summed E-state index contributed by atoms with van der Waals surface area (Å²) in [5, 5.41) is 13.4. The summed E-state index contributed by atoms with van der Waals surface area (Å²) >= 11 is 6.21. The molecule has 1 aliphatic rings. The number of hydrogen-bond donors (Lipinski definition) is 2. The van der Waals surface area contributed by atoms with E-state index in [4.69, 9.17) is 16.0 Å². The lowest BCUT2D eigenvalue weighted by Crippen LogP contribution is -2.33. The molecular formula is C21H22ClN3O3. The van der Waals surface area contributed by atoms with Gasteiger partial charge in [0.15, 0.2) is 0 Å². The molecule has 1 saturated heterocycles. The van der Waals surface area contributed by atoms with Crippen molar-refractivity contribution in [1.29, 1.82) is 0 Å². The van der Waals surface area contributed by atoms with Gasteiger partial charge in [-0.1, -0.05) is 17.7 Å². The number of piperidine rings is 1. The topological polar surface area (TPSA) is 78.6 Å². The number of carbonyl (C=O) groups excluding carboxylic acids is 1. The molecule has 0 spiro atoms. The Morgan fingerprint density at radius 1 is 1.32 bits per heavy atom. The molecule has 28 heavy (non-hydrogen) atoms. The van der Waals surface area contributed by atoms with Gasteiger partial charge in [0.25, 0.3) is 5.91 Å². The third-order valence-corrected chi connectivity index (χ3v) is 5.55. The molecule has 1 amide bonds. The molecule has 1 fully saturated rings. The number of likely N-dealkylation sites (tertiary alicyclic amines) is 1. The molecule has 3 heterocycles. The zero-order valence-corrected chi connectivity index (χ0v) is 16.4. The van der Waals surface area contributed by atoms with Gasteiger partial charge in [0.1, 0.15) is 17.2 Å². The molecule has 3 aromatic rings. The molecule has 2 N–H and O–H groups in total. The number of furan rings is 1. The molecule has 7 heteroatoms. The van der Waals surface area contributed by atoms with Gasteiger partial charge in [-0.3, -0.25) is 9.69 Å². The van der Waals surface area contributed by atoms with Gasteiger partial charge < -0.3 is 14.8 Å². The smallest absolute Gasteiger partial charge is 0.260 e. The van der Waals surface area contributed by atoms with Crippen LogP contribution in [0.5, 0.6) is 0 Å². The third-order valence-electron chi connectivity index (χ3n) is 5.22. The van der Waals surface area contributed by atoms with Crippen LogP contribution in [-0.2, 0) is 0 Å². The number of aromatic nitrogens is 1. The second kappa shape index (κ2) is 7.91. The van der Waals surface area contributed by atoms with E-state index in [1.165, 1.54) is 0 Å². The molecule has 0 bridgehead atoms. The van der Waals surface area contributed by atoms with Crippen LogP contribution in [0.25, 0.3) is 11.0 Å². The fourth-order valence-electron chi connectivity index (χ4n) is 3.69. The van der Waals surface area contributed by atoms with Gasteiger partial charge in [-0.2, -0.15) is 0 Å². The summed E-state index contributed by atoms with van der Waals surface area (Å²) < 4.78 is 5.69. The first kappa shape index (κ1) is 18.9. The van der Waals surface area contributed by atoms with Crippen molar-refractivity contribution in [2.24, 2.45) is 0 Å². The first-order valence-corrected chi connectivity index (χ1v) is 9.73. The van der Waals surface area contributed by atoms with E-state index < -0.39 is 0 Å². The number of aliphatic hydroxyl groups is 1. The Morgan fingerprint density at radius 3 is 2.86 bits per heavy atom. The average Bonchev–Trinajstić information content (AvgIpc) is 3.10. The van der Waals surface area contributed by atoms with Crippen LogP contribution in [0.15, 0.2) is 40.8 Å². The average molecular weight is 400 g/mol. The molecule has 0 aliphatic carbocycles. The molecule has 0 unspecified atom stereocenters. The molecule has 0 radical (unpaired) electrons. The lowest BCUT2D eigenvalue weighted by molar-refractivity contribution is 0.0833. The molecule has 2 aromatic heterocycles. The van der Waals surface area contributed by atoms with Crippen LogP contribution >= 0.6 is 11.6 Å². The van der Waals surface area contributed by atoms with Crippen molar-refractivity contribution >= 4 is 34.3 Å². The zero-order chi connectivity index (χ0) is 19.7. The maximum absolute atomic E-state index is 12.8. The molecule has 0 atom stereocenters. The standard InChI is InChI=1S/C21H22ClN3O3/c1-13-11-16-17(22)6-5-15(20(16)28-13)21(27)24-19-4-2-3-18(23-19)14-7-9-25(12-26)10-8-14/h2-6,11,14,26H,7-10,12H2,1H3,(H,23,24,27). The Bertz CT molecular complexity index is 1010. The fourth-order valence-corrected chi connectivity index (χ4v) is 3.90. The van der Waals surface area contributed by atoms with Crippen molar-refractivity contribution in [3.8, 4) is 0 Å². The summed E-state index contributed by atoms with van der Waals surface area (Å²) in [4.78, 5) is 19.5. The van der Waals surface area contributed by atoms with E-state index in [1.54, 1.807) is 18.2 Å². The summed E-state index contributed by atoms with van der Waals surface area (Å²) in [6, 6.07) is 10.9. The van der Waals surface area contributed by atoms with E-state index in [0.29, 0.717) is 33.7 Å². The highest BCUT2D eigenvalue weighted by Crippen LogP contribution is 2.30. The number of fused-ring (bicyclic) bond motifs is 1. The molecule has 0 saturated carbocycles. The second-order valence-corrected chi connectivity index (χ2v) is 7.54. The highest BCUT2D eigenvalue weighted by atomic mass is 35.5. The molecule has 146 valence electrons. The van der Waals surface area contributed by atoms with E-state index in [9.17, 15) is 9.90 Å². The quantitative estimate of drug-likeness (QED) is 0.688. The zero-order valence-electron chi connectivity index (χ0n) is 15.6. The van der Waals surface area contributed by atoms with Gasteiger partial charge in [-0.25, -0.2) is 4.98 Å². The third kappa shape index (κ3) is 3.76. The number of halogens is 1. The van der Waals surface area contributed by atoms with Crippen molar-refractivity contribution in [3.05, 3.63) is 58.4 Å². The minimum absolute atomic E-state index is 0.0953. The van der Waals surface area contributed by atoms with E-state index in [-0.39, 0.29) is 12.6 Å². The number of benzene rings is 1. The first-order chi connectivity index (χ1) is 13.5. The van der Waals surface area contributed by atoms with E-state index in [1.807, 2.05) is 30.0 Å². The van der Waals surface area contributed by atoms with Crippen molar-refractivity contribution in [2.45, 2.75) is 25.7 Å². The number of carbonyl (C=O) groups is 1. The van der Waals surface area contributed by atoms with Crippen LogP contribution in [0, 0.1) is 6.92 Å². The van der Waals surface area contributed by atoms with Crippen molar-refractivity contribution in [1.82, 2.24) is 9.88 Å². The van der Waals surface area contributed by atoms with Gasteiger partial charge in [0.2, 0.25) is 0 Å². The second-order valence-electron chi connectivity index (χ2n) is 7.13. The SMILES string of the molecule is Cc1cc2c(Cl)ccc(C(=O)Nc3cccc(C4CCN(CO)CC4)n3)c2o1. The van der Waals surface area contributed by atoms with E-state index >= 15 is 0 Å². The van der Waals surface area contributed by atoms with E-state index in [2.05, 4.69) is 10.3 Å². The number of aryl methyl sites for hydroxylation is 1. The van der Waals surface area contributed by atoms with Gasteiger partial charge in [0.05, 0.1) is 17.3 Å². The van der Waals surface area contributed by atoms with Gasteiger partial charge in [-0.15, -0.1) is 0 Å². The predicted octanol–water partition coefficient (Wildman–Crippen LogP) is 4.17. The van der Waals surface area contributed by atoms with Crippen molar-refractivity contribution in [2.75, 3.05) is 25.1 Å². The number of anilines is 1. The van der Waals surface area contributed by atoms with Crippen LogP contribution in [0.3, 0.4) is 0 Å². The van der Waals surface area contributed by atoms with Crippen molar-refractivity contribution < 1.29 is 14.3 Å². The lowest BCUT2D eigenvalue weighted by atomic mass is 9.93. The largest absolute Gasteiger partial charge is 0.460 e. The number of rotatable bonds is 4. The number of hydrogen-bond acceptors (Lipinski definition) is 5. The van der Waals surface area contributed by atoms with Crippen LogP contribution in [0.2, 0.25) is 5.02 Å². The van der Waals surface area contributed by atoms with Crippen LogP contribution < -0.4 is 5.32 Å². The summed E-state index contributed by atoms with van der Waals surface area (Å²) in [6.07, 6.45) is 1.88. The maximum atomic E-state index is 12.8. The number of aliphatic hydroxyl groups excluding tert-OH is 1. The summed E-state index contributed by atoms with van der Waals surface area (Å²) in [6.45, 7) is 3.61. The number of nitrogens with one attached hydrogen (secondary N) is 1. The highest BCUT2D eigenvalue weighted by molar-refractivity contribution is 6.36. The Balaban J connectivity index is 1.54.